The van der Waals surface area contributed by atoms with E-state index in [9.17, 15) is 9.59 Å². The predicted molar refractivity (Wildman–Crippen MR) is 107 cm³/mol. The van der Waals surface area contributed by atoms with Crippen LogP contribution >= 0.6 is 11.8 Å². The van der Waals surface area contributed by atoms with Gasteiger partial charge in [0.05, 0.1) is 17.2 Å². The largest absolute Gasteiger partial charge is 0.490 e. The lowest BCUT2D eigenvalue weighted by Gasteiger charge is -2.12. The number of nitrogens with zero attached hydrogens (tertiary/aromatic N) is 1. The maximum absolute atomic E-state index is 12.7. The maximum atomic E-state index is 12.7. The van der Waals surface area contributed by atoms with E-state index in [1.165, 1.54) is 4.90 Å². The molecule has 5 nitrogen and oxygen atoms in total. The molecule has 1 aliphatic heterocycles. The fourth-order valence-electron chi connectivity index (χ4n) is 2.54. The Labute approximate surface area is 162 Å². The van der Waals surface area contributed by atoms with Crippen LogP contribution < -0.4 is 14.4 Å². The van der Waals surface area contributed by atoms with E-state index in [1.54, 1.807) is 48.5 Å². The summed E-state index contributed by atoms with van der Waals surface area (Å²) in [6.45, 7) is 2.46. The Morgan fingerprint density at radius 1 is 1.11 bits per heavy atom. The van der Waals surface area contributed by atoms with Crippen molar-refractivity contribution in [2.45, 2.75) is 6.92 Å². The Bertz CT molecular complexity index is 931. The molecule has 1 aliphatic rings. The van der Waals surface area contributed by atoms with Crippen LogP contribution in [0.4, 0.5) is 10.5 Å². The highest BCUT2D eigenvalue weighted by Gasteiger charge is 2.36. The van der Waals surface area contributed by atoms with Gasteiger partial charge in [-0.1, -0.05) is 30.2 Å². The number of terminal acetylenes is 1. The van der Waals surface area contributed by atoms with Crippen molar-refractivity contribution in [3.05, 3.63) is 59.0 Å². The molecule has 0 N–H and O–H groups in total. The molecule has 6 heteroatoms. The summed E-state index contributed by atoms with van der Waals surface area (Å²) in [4.78, 5) is 26.5. The number of carbonyl (C=O) groups is 2. The number of carbonyl (C=O) groups excluding carboxylic acids is 2. The number of thioether (sulfide) groups is 1. The van der Waals surface area contributed by atoms with E-state index in [-0.39, 0.29) is 17.8 Å². The molecular weight excluding hydrogens is 362 g/mol. The van der Waals surface area contributed by atoms with E-state index in [0.29, 0.717) is 28.7 Å². The number of ether oxygens (including phenoxy) is 2. The molecule has 1 heterocycles. The average Bonchev–Trinajstić information content (AvgIpc) is 2.95. The third-order valence-corrected chi connectivity index (χ3v) is 4.55. The van der Waals surface area contributed by atoms with Crippen LogP contribution in [0.5, 0.6) is 11.5 Å². The zero-order valence-electron chi connectivity index (χ0n) is 14.7. The van der Waals surface area contributed by atoms with Crippen LogP contribution in [0.2, 0.25) is 0 Å². The average molecular weight is 379 g/mol. The smallest absolute Gasteiger partial charge is 0.298 e. The molecule has 0 bridgehead atoms. The quantitative estimate of drug-likeness (QED) is 0.552. The Kier molecular flexibility index (Phi) is 5.84. The van der Waals surface area contributed by atoms with Crippen LogP contribution in [0, 0.1) is 12.3 Å². The Hall–Kier alpha value is -3.17. The van der Waals surface area contributed by atoms with Crippen molar-refractivity contribution in [3.8, 4) is 23.8 Å². The molecular formula is C21H17NO4S. The van der Waals surface area contributed by atoms with Crippen molar-refractivity contribution < 1.29 is 19.1 Å². The Morgan fingerprint density at radius 3 is 2.59 bits per heavy atom. The van der Waals surface area contributed by atoms with Gasteiger partial charge in [0.1, 0.15) is 6.61 Å². The van der Waals surface area contributed by atoms with Gasteiger partial charge in [-0.2, -0.15) is 0 Å². The molecule has 0 radical (unpaired) electrons. The van der Waals surface area contributed by atoms with Crippen molar-refractivity contribution in [1.29, 1.82) is 0 Å². The van der Waals surface area contributed by atoms with E-state index in [0.717, 1.165) is 17.3 Å². The number of benzene rings is 2. The monoisotopic (exact) mass is 379 g/mol. The molecule has 2 amide bonds. The molecule has 2 aromatic rings. The van der Waals surface area contributed by atoms with Crippen molar-refractivity contribution >= 4 is 34.7 Å². The van der Waals surface area contributed by atoms with Gasteiger partial charge in [0.25, 0.3) is 11.1 Å². The zero-order valence-corrected chi connectivity index (χ0v) is 15.5. The van der Waals surface area contributed by atoms with Gasteiger partial charge in [-0.05, 0) is 54.6 Å². The number of para-hydroxylation sites is 1. The number of hydrogen-bond acceptors (Lipinski definition) is 5. The van der Waals surface area contributed by atoms with Gasteiger partial charge >= 0.3 is 0 Å². The van der Waals surface area contributed by atoms with E-state index in [4.69, 9.17) is 15.9 Å². The topological polar surface area (TPSA) is 55.8 Å². The van der Waals surface area contributed by atoms with Crippen molar-refractivity contribution in [2.24, 2.45) is 0 Å². The van der Waals surface area contributed by atoms with Gasteiger partial charge in [0, 0.05) is 0 Å². The Morgan fingerprint density at radius 2 is 1.89 bits per heavy atom. The molecule has 0 aromatic heterocycles. The molecule has 0 unspecified atom stereocenters. The molecule has 3 rings (SSSR count). The summed E-state index contributed by atoms with van der Waals surface area (Å²) < 4.78 is 11.0. The fraction of sp³-hybridized carbons (Fsp3) is 0.143. The van der Waals surface area contributed by atoms with Crippen molar-refractivity contribution in [3.63, 3.8) is 0 Å². The first-order valence-corrected chi connectivity index (χ1v) is 9.11. The summed E-state index contributed by atoms with van der Waals surface area (Å²) in [5.74, 6) is 3.13. The highest BCUT2D eigenvalue weighted by molar-refractivity contribution is 8.19. The molecule has 2 aromatic carbocycles. The predicted octanol–water partition coefficient (Wildman–Crippen LogP) is 4.34. The second kappa shape index (κ2) is 8.47. The van der Waals surface area contributed by atoms with Crippen molar-refractivity contribution in [1.82, 2.24) is 0 Å². The number of amides is 2. The molecule has 1 saturated heterocycles. The third kappa shape index (κ3) is 4.15. The normalized spacial score (nSPS) is 15.1. The minimum Gasteiger partial charge on any atom is -0.490 e. The molecule has 0 spiro atoms. The number of hydrogen-bond donors (Lipinski definition) is 0. The number of rotatable bonds is 6. The number of imide groups is 1. The van der Waals surface area contributed by atoms with Gasteiger partial charge in [0.2, 0.25) is 0 Å². The molecule has 0 aliphatic carbocycles. The van der Waals surface area contributed by atoms with Crippen LogP contribution in [-0.2, 0) is 4.79 Å². The van der Waals surface area contributed by atoms with E-state index < -0.39 is 0 Å². The van der Waals surface area contributed by atoms with Gasteiger partial charge in [0.15, 0.2) is 11.5 Å². The zero-order chi connectivity index (χ0) is 19.2. The summed E-state index contributed by atoms with van der Waals surface area (Å²) in [5, 5.41) is -0.323. The number of anilines is 1. The Balaban J connectivity index is 1.88. The lowest BCUT2D eigenvalue weighted by Crippen LogP contribution is -2.27. The van der Waals surface area contributed by atoms with Crippen LogP contribution in [0.1, 0.15) is 12.5 Å². The van der Waals surface area contributed by atoms with Gasteiger partial charge in [-0.3, -0.25) is 9.59 Å². The molecule has 0 saturated carbocycles. The molecule has 0 atom stereocenters. The first-order valence-electron chi connectivity index (χ1n) is 8.30. The van der Waals surface area contributed by atoms with E-state index in [2.05, 4.69) is 5.92 Å². The highest BCUT2D eigenvalue weighted by Crippen LogP contribution is 2.36. The second-order valence-corrected chi connectivity index (χ2v) is 6.48. The minimum absolute atomic E-state index is 0.134. The first-order chi connectivity index (χ1) is 13.1. The van der Waals surface area contributed by atoms with Crippen LogP contribution in [0.25, 0.3) is 6.08 Å². The molecule has 27 heavy (non-hydrogen) atoms. The lowest BCUT2D eigenvalue weighted by atomic mass is 10.1. The van der Waals surface area contributed by atoms with Crippen molar-refractivity contribution in [2.75, 3.05) is 18.1 Å². The van der Waals surface area contributed by atoms with Gasteiger partial charge in [-0.15, -0.1) is 6.42 Å². The van der Waals surface area contributed by atoms with Crippen LogP contribution in [0.3, 0.4) is 0 Å². The first kappa shape index (κ1) is 18.6. The second-order valence-electron chi connectivity index (χ2n) is 5.48. The summed E-state index contributed by atoms with van der Waals surface area (Å²) in [5.41, 5.74) is 1.28. The van der Waals surface area contributed by atoms with Crippen LogP contribution in [-0.4, -0.2) is 24.4 Å². The van der Waals surface area contributed by atoms with Gasteiger partial charge in [-0.25, -0.2) is 4.90 Å². The molecule has 136 valence electrons. The van der Waals surface area contributed by atoms with E-state index >= 15 is 0 Å². The summed E-state index contributed by atoms with van der Waals surface area (Å²) in [7, 11) is 0. The fourth-order valence-corrected chi connectivity index (χ4v) is 3.38. The van der Waals surface area contributed by atoms with Crippen LogP contribution in [0.15, 0.2) is 53.4 Å². The van der Waals surface area contributed by atoms with E-state index in [1.807, 2.05) is 13.0 Å². The standard InChI is InChI=1S/C21H17NO4S/c1-3-12-26-17-11-10-15(13-18(17)25-4-2)14-19-20(23)22(21(24)27-19)16-8-6-5-7-9-16/h1,5-11,13-14H,4,12H2,2H3. The lowest BCUT2D eigenvalue weighted by molar-refractivity contribution is -0.113. The highest BCUT2D eigenvalue weighted by atomic mass is 32.2. The maximum Gasteiger partial charge on any atom is 0.298 e. The SMILES string of the molecule is C#CCOc1ccc(C=C2SC(=O)N(c3ccccc3)C2=O)cc1OCC. The summed E-state index contributed by atoms with van der Waals surface area (Å²) >= 11 is 0.909. The molecule has 1 fully saturated rings. The third-order valence-electron chi connectivity index (χ3n) is 3.68. The summed E-state index contributed by atoms with van der Waals surface area (Å²) in [6.07, 6.45) is 6.89. The summed E-state index contributed by atoms with van der Waals surface area (Å²) in [6, 6.07) is 14.1. The van der Waals surface area contributed by atoms with Gasteiger partial charge < -0.3 is 9.47 Å². The minimum atomic E-state index is -0.346.